The van der Waals surface area contributed by atoms with Crippen molar-refractivity contribution >= 4 is 29.1 Å². The third-order valence-electron chi connectivity index (χ3n) is 11.8. The molecule has 286 valence electrons. The minimum atomic E-state index is -0.302. The second-order valence-electron chi connectivity index (χ2n) is 15.3. The summed E-state index contributed by atoms with van der Waals surface area (Å²) in [5.41, 5.74) is 6.88. The minimum Gasteiger partial charge on any atom is -0.508 e. The van der Waals surface area contributed by atoms with Gasteiger partial charge in [0.1, 0.15) is 17.3 Å². The van der Waals surface area contributed by atoms with Crippen LogP contribution in [-0.2, 0) is 16.1 Å². The van der Waals surface area contributed by atoms with Crippen LogP contribution in [0.3, 0.4) is 0 Å². The topological polar surface area (TPSA) is 114 Å². The molecule has 2 atom stereocenters. The number of anilines is 2. The largest absolute Gasteiger partial charge is 0.508 e. The summed E-state index contributed by atoms with van der Waals surface area (Å²) in [5, 5.41) is 15.1. The zero-order valence-electron chi connectivity index (χ0n) is 31.0. The van der Waals surface area contributed by atoms with Gasteiger partial charge in [0.25, 0.3) is 5.91 Å². The van der Waals surface area contributed by atoms with Crippen LogP contribution in [0.25, 0.3) is 0 Å². The molecule has 0 radical (unpaired) electrons. The number of imide groups is 1. The number of ether oxygens (including phenoxy) is 1. The Kier molecular flexibility index (Phi) is 10.7. The molecule has 2 unspecified atom stereocenters. The first-order chi connectivity index (χ1) is 26.8. The molecule has 0 aromatic heterocycles. The van der Waals surface area contributed by atoms with Crippen LogP contribution < -0.4 is 25.2 Å². The standard InChI is InChI=1S/C39H41FN4O3.C5H7NO2/c40-35-22-33-29(23-41-39(33)46)20-36(35)44-18-16-42(17-19-44)24-26-12-14-43(15-13-26)30-8-6-28(7-9-30)38-32-11-10-31(45)21-37(32)47-25-34(38)27-4-2-1-3-5-27;7-4-2-1-3-5(8)6-4/h1-11,20-22,26,34,38,45H,12-19,23-25H2,(H,41,46);1-3H2,(H,6,7,8). The van der Waals surface area contributed by atoms with Gasteiger partial charge in [-0.3, -0.25) is 24.6 Å². The molecule has 0 saturated carbocycles. The van der Waals surface area contributed by atoms with Crippen LogP contribution in [0.15, 0.2) is 84.9 Å². The van der Waals surface area contributed by atoms with E-state index in [-0.39, 0.29) is 41.1 Å². The van der Waals surface area contributed by atoms with Gasteiger partial charge in [0.05, 0.1) is 12.3 Å². The lowest BCUT2D eigenvalue weighted by Crippen LogP contribution is -2.49. The zero-order chi connectivity index (χ0) is 37.9. The maximum atomic E-state index is 14.9. The molecule has 3 saturated heterocycles. The van der Waals surface area contributed by atoms with Gasteiger partial charge in [0.2, 0.25) is 11.8 Å². The average Bonchev–Trinajstić information content (AvgIpc) is 3.57. The summed E-state index contributed by atoms with van der Waals surface area (Å²) in [6, 6.07) is 28.5. The number of hydrogen-bond acceptors (Lipinski definition) is 8. The van der Waals surface area contributed by atoms with E-state index in [1.54, 1.807) is 12.1 Å². The van der Waals surface area contributed by atoms with Crippen molar-refractivity contribution in [3.63, 3.8) is 0 Å². The van der Waals surface area contributed by atoms with Crippen LogP contribution in [0.4, 0.5) is 15.8 Å². The summed E-state index contributed by atoms with van der Waals surface area (Å²) in [6.07, 6.45) is 4.05. The van der Waals surface area contributed by atoms with E-state index in [9.17, 15) is 23.9 Å². The molecule has 11 heteroatoms. The van der Waals surface area contributed by atoms with Gasteiger partial charge in [-0.15, -0.1) is 0 Å². The molecule has 4 aromatic carbocycles. The van der Waals surface area contributed by atoms with Crippen LogP contribution in [0.5, 0.6) is 11.5 Å². The fourth-order valence-corrected chi connectivity index (χ4v) is 8.77. The molecule has 3 fully saturated rings. The van der Waals surface area contributed by atoms with E-state index in [1.807, 2.05) is 18.2 Å². The molecule has 9 rings (SSSR count). The number of nitrogens with zero attached hydrogens (tertiary/aromatic N) is 3. The number of carbonyl (C=O) groups is 3. The highest BCUT2D eigenvalue weighted by molar-refractivity contribution is 5.99. The Labute approximate surface area is 321 Å². The van der Waals surface area contributed by atoms with E-state index in [0.29, 0.717) is 49.6 Å². The maximum Gasteiger partial charge on any atom is 0.252 e. The summed E-state index contributed by atoms with van der Waals surface area (Å²) in [7, 11) is 0. The molecule has 0 spiro atoms. The molecule has 55 heavy (non-hydrogen) atoms. The second kappa shape index (κ2) is 16.1. The van der Waals surface area contributed by atoms with Crippen LogP contribution in [0, 0.1) is 11.7 Å². The van der Waals surface area contributed by atoms with Gasteiger partial charge in [-0.1, -0.05) is 48.5 Å². The Morgan fingerprint density at radius 1 is 0.782 bits per heavy atom. The number of nitrogens with one attached hydrogen (secondary N) is 2. The van der Waals surface area contributed by atoms with Crippen LogP contribution in [-0.4, -0.2) is 80.1 Å². The molecule has 0 bridgehead atoms. The molecular formula is C44H48FN5O5. The van der Waals surface area contributed by atoms with Crippen LogP contribution in [0.2, 0.25) is 0 Å². The first-order valence-corrected chi connectivity index (χ1v) is 19.5. The van der Waals surface area contributed by atoms with Crippen molar-refractivity contribution in [3.8, 4) is 11.5 Å². The Morgan fingerprint density at radius 3 is 2.20 bits per heavy atom. The number of phenols is 1. The first-order valence-electron chi connectivity index (χ1n) is 19.5. The first kappa shape index (κ1) is 36.6. The second-order valence-corrected chi connectivity index (χ2v) is 15.3. The van der Waals surface area contributed by atoms with E-state index in [0.717, 1.165) is 75.5 Å². The van der Waals surface area contributed by atoms with Gasteiger partial charge < -0.3 is 25.0 Å². The Balaban J connectivity index is 0.000000477. The highest BCUT2D eigenvalue weighted by atomic mass is 19.1. The van der Waals surface area contributed by atoms with Crippen LogP contribution in [0.1, 0.15) is 76.6 Å². The lowest BCUT2D eigenvalue weighted by atomic mass is 9.76. The SMILES string of the molecule is O=C1CCCC(=O)N1.O=C1NCc2cc(N3CCN(CC4CCN(c5ccc(C6c7ccc(O)cc7OCC6c6ccccc6)cc5)CC4)CC3)c(F)cc21. The molecule has 5 heterocycles. The van der Waals surface area contributed by atoms with Gasteiger partial charge in [-0.2, -0.15) is 0 Å². The van der Waals surface area contributed by atoms with E-state index in [2.05, 4.69) is 73.9 Å². The van der Waals surface area contributed by atoms with Gasteiger partial charge in [0.15, 0.2) is 0 Å². The highest BCUT2D eigenvalue weighted by Crippen LogP contribution is 2.47. The van der Waals surface area contributed by atoms with E-state index in [4.69, 9.17) is 4.74 Å². The Hall–Kier alpha value is -5.42. The van der Waals surface area contributed by atoms with Crippen molar-refractivity contribution < 1.29 is 28.6 Å². The summed E-state index contributed by atoms with van der Waals surface area (Å²) in [6.45, 7) is 7.67. The lowest BCUT2D eigenvalue weighted by Gasteiger charge is -2.40. The summed E-state index contributed by atoms with van der Waals surface area (Å²) >= 11 is 0. The van der Waals surface area contributed by atoms with Gasteiger partial charge in [-0.05, 0) is 72.2 Å². The van der Waals surface area contributed by atoms with Crippen molar-refractivity contribution in [2.45, 2.75) is 50.5 Å². The van der Waals surface area contributed by atoms with Gasteiger partial charge in [0, 0.05) is 99.9 Å². The Bertz CT molecular complexity index is 2010. The third kappa shape index (κ3) is 8.17. The van der Waals surface area contributed by atoms with Crippen molar-refractivity contribution in [2.24, 2.45) is 5.92 Å². The molecule has 10 nitrogen and oxygen atoms in total. The third-order valence-corrected chi connectivity index (χ3v) is 11.8. The molecular weight excluding hydrogens is 698 g/mol. The number of hydrogen-bond donors (Lipinski definition) is 3. The number of carbonyl (C=O) groups excluding carboxylic acids is 3. The van der Waals surface area contributed by atoms with Crippen molar-refractivity contribution in [2.75, 3.05) is 62.2 Å². The normalized spacial score (nSPS) is 21.4. The van der Waals surface area contributed by atoms with Crippen LogP contribution >= 0.6 is 0 Å². The predicted molar refractivity (Wildman–Crippen MR) is 209 cm³/mol. The summed E-state index contributed by atoms with van der Waals surface area (Å²) < 4.78 is 21.0. The smallest absolute Gasteiger partial charge is 0.252 e. The van der Waals surface area contributed by atoms with Gasteiger partial charge >= 0.3 is 0 Å². The molecule has 3 N–H and O–H groups in total. The number of benzene rings is 4. The maximum absolute atomic E-state index is 14.9. The lowest BCUT2D eigenvalue weighted by molar-refractivity contribution is -0.132. The van der Waals surface area contributed by atoms with Crippen molar-refractivity contribution in [1.82, 2.24) is 15.5 Å². The summed E-state index contributed by atoms with van der Waals surface area (Å²) in [5.74, 6) is 1.22. The molecule has 5 aliphatic heterocycles. The number of aromatic hydroxyl groups is 1. The number of rotatable bonds is 6. The molecule has 5 aliphatic rings. The number of piperazine rings is 1. The minimum absolute atomic E-state index is 0.138. The molecule has 0 aliphatic carbocycles. The average molecular weight is 746 g/mol. The zero-order valence-corrected chi connectivity index (χ0v) is 31.0. The van der Waals surface area contributed by atoms with E-state index >= 15 is 0 Å². The summed E-state index contributed by atoms with van der Waals surface area (Å²) in [4.78, 5) is 39.8. The monoisotopic (exact) mass is 745 g/mol. The van der Waals surface area contributed by atoms with E-state index < -0.39 is 0 Å². The highest BCUT2D eigenvalue weighted by Gasteiger charge is 2.34. The fourth-order valence-electron chi connectivity index (χ4n) is 8.77. The van der Waals surface area contributed by atoms with Crippen molar-refractivity contribution in [3.05, 3.63) is 119 Å². The number of amides is 3. The number of piperidine rings is 2. The van der Waals surface area contributed by atoms with E-state index in [1.165, 1.54) is 22.9 Å². The van der Waals surface area contributed by atoms with Gasteiger partial charge in [-0.25, -0.2) is 4.39 Å². The Morgan fingerprint density at radius 2 is 1.51 bits per heavy atom. The number of phenolic OH excluding ortho intramolecular Hbond substituents is 1. The molecule has 4 aromatic rings. The quantitative estimate of drug-likeness (QED) is 0.208. The number of fused-ring (bicyclic) bond motifs is 2. The fraction of sp³-hybridized carbons (Fsp3) is 0.386. The van der Waals surface area contributed by atoms with Crippen molar-refractivity contribution in [1.29, 1.82) is 0 Å². The number of halogens is 1. The molecule has 3 amide bonds. The predicted octanol–water partition coefficient (Wildman–Crippen LogP) is 5.93.